The van der Waals surface area contributed by atoms with Crippen LogP contribution in [0.1, 0.15) is 47.7 Å². The number of hydrogen-bond donors (Lipinski definition) is 2. The molecule has 0 saturated carbocycles. The first kappa shape index (κ1) is 13.1. The summed E-state index contributed by atoms with van der Waals surface area (Å²) >= 11 is 0. The Kier molecular flexibility index (Phi) is 4.37. The maximum Gasteiger partial charge on any atom is 0.251 e. The molecule has 18 heavy (non-hydrogen) atoms. The molecular weight excluding hydrogens is 226 g/mol. The molecule has 0 aliphatic heterocycles. The van der Waals surface area contributed by atoms with E-state index >= 15 is 0 Å². The van der Waals surface area contributed by atoms with Crippen molar-refractivity contribution in [2.75, 3.05) is 6.61 Å². The van der Waals surface area contributed by atoms with E-state index in [0.717, 1.165) is 18.4 Å². The highest BCUT2D eigenvalue weighted by atomic mass is 16.3. The van der Waals surface area contributed by atoms with Crippen LogP contribution in [0.5, 0.6) is 0 Å². The molecule has 1 aliphatic rings. The lowest BCUT2D eigenvalue weighted by Crippen LogP contribution is -2.33. The largest absolute Gasteiger partial charge is 0.396 e. The van der Waals surface area contributed by atoms with E-state index in [2.05, 4.69) is 11.4 Å². The zero-order valence-corrected chi connectivity index (χ0v) is 10.9. The number of aryl methyl sites for hydroxylation is 2. The topological polar surface area (TPSA) is 49.3 Å². The smallest absolute Gasteiger partial charge is 0.251 e. The minimum atomic E-state index is -0.0377. The quantitative estimate of drug-likeness (QED) is 0.855. The first-order valence-electron chi connectivity index (χ1n) is 6.74. The lowest BCUT2D eigenvalue weighted by molar-refractivity contribution is 0.0934. The molecule has 0 spiro atoms. The maximum atomic E-state index is 12.0. The second kappa shape index (κ2) is 6.01. The minimum absolute atomic E-state index is 0.0125. The zero-order valence-electron chi connectivity index (χ0n) is 10.9. The van der Waals surface area contributed by atoms with Crippen molar-refractivity contribution >= 4 is 5.91 Å². The average Bonchev–Trinajstić information content (AvgIpc) is 2.38. The van der Waals surface area contributed by atoms with Gasteiger partial charge in [0, 0.05) is 18.2 Å². The van der Waals surface area contributed by atoms with Crippen molar-refractivity contribution in [1.82, 2.24) is 5.32 Å². The van der Waals surface area contributed by atoms with E-state index in [1.165, 1.54) is 24.0 Å². The number of benzene rings is 1. The Bertz CT molecular complexity index is 429. The summed E-state index contributed by atoms with van der Waals surface area (Å²) < 4.78 is 0. The third kappa shape index (κ3) is 3.10. The maximum absolute atomic E-state index is 12.0. The number of carbonyl (C=O) groups excluding carboxylic acids is 1. The summed E-state index contributed by atoms with van der Waals surface area (Å²) in [5, 5.41) is 11.7. The van der Waals surface area contributed by atoms with Crippen molar-refractivity contribution < 1.29 is 9.90 Å². The molecule has 0 unspecified atom stereocenters. The molecule has 2 N–H and O–H groups in total. The first-order chi connectivity index (χ1) is 8.70. The number of fused-ring (bicyclic) bond motifs is 1. The molecular formula is C15H21NO2. The average molecular weight is 247 g/mol. The second-order valence-electron chi connectivity index (χ2n) is 5.08. The van der Waals surface area contributed by atoms with Crippen LogP contribution in [0.3, 0.4) is 0 Å². The molecule has 1 aliphatic carbocycles. The highest BCUT2D eigenvalue weighted by Gasteiger charge is 2.14. The highest BCUT2D eigenvalue weighted by molar-refractivity contribution is 5.94. The van der Waals surface area contributed by atoms with E-state index in [9.17, 15) is 4.79 Å². The fraction of sp³-hybridized carbons (Fsp3) is 0.533. The van der Waals surface area contributed by atoms with Gasteiger partial charge in [-0.3, -0.25) is 4.79 Å². The number of nitrogens with one attached hydrogen (secondary N) is 1. The Morgan fingerprint density at radius 3 is 2.78 bits per heavy atom. The van der Waals surface area contributed by atoms with Gasteiger partial charge in [0.15, 0.2) is 0 Å². The van der Waals surface area contributed by atoms with Gasteiger partial charge in [0.05, 0.1) is 0 Å². The van der Waals surface area contributed by atoms with Gasteiger partial charge in [0.2, 0.25) is 0 Å². The summed E-state index contributed by atoms with van der Waals surface area (Å²) in [5.74, 6) is -0.0377. The standard InChI is InChI=1S/C15H21NO2/c1-11(8-9-17)16-15(18)14-7-6-12-4-2-3-5-13(12)10-14/h6-7,10-11,17H,2-5,8-9H2,1H3,(H,16,18)/t11-/m1/s1. The summed E-state index contributed by atoms with van der Waals surface area (Å²) in [6.45, 7) is 2.01. The Labute approximate surface area is 108 Å². The lowest BCUT2D eigenvalue weighted by Gasteiger charge is -2.17. The number of rotatable bonds is 4. The van der Waals surface area contributed by atoms with Gasteiger partial charge in [-0.15, -0.1) is 0 Å². The lowest BCUT2D eigenvalue weighted by atomic mass is 9.90. The van der Waals surface area contributed by atoms with Crippen molar-refractivity contribution in [2.45, 2.75) is 45.1 Å². The number of amides is 1. The Morgan fingerprint density at radius 2 is 2.06 bits per heavy atom. The normalized spacial score (nSPS) is 15.9. The molecule has 0 bridgehead atoms. The summed E-state index contributed by atoms with van der Waals surface area (Å²) in [4.78, 5) is 12.0. The van der Waals surface area contributed by atoms with Gasteiger partial charge in [-0.05, 0) is 62.3 Å². The van der Waals surface area contributed by atoms with Crippen molar-refractivity contribution in [1.29, 1.82) is 0 Å². The van der Waals surface area contributed by atoms with Gasteiger partial charge < -0.3 is 10.4 Å². The molecule has 0 saturated heterocycles. The number of carbonyl (C=O) groups is 1. The van der Waals surface area contributed by atoms with Crippen LogP contribution in [0.25, 0.3) is 0 Å². The molecule has 0 aromatic heterocycles. The molecule has 0 heterocycles. The monoisotopic (exact) mass is 247 g/mol. The van der Waals surface area contributed by atoms with E-state index in [4.69, 9.17) is 5.11 Å². The fourth-order valence-electron chi connectivity index (χ4n) is 2.45. The highest BCUT2D eigenvalue weighted by Crippen LogP contribution is 2.22. The summed E-state index contributed by atoms with van der Waals surface area (Å²) in [5.41, 5.74) is 3.45. The van der Waals surface area contributed by atoms with E-state index < -0.39 is 0 Å². The Hall–Kier alpha value is -1.35. The molecule has 0 fully saturated rings. The fourth-order valence-corrected chi connectivity index (χ4v) is 2.45. The summed E-state index contributed by atoms with van der Waals surface area (Å²) in [6, 6.07) is 6.03. The van der Waals surface area contributed by atoms with Gasteiger partial charge in [-0.25, -0.2) is 0 Å². The molecule has 2 rings (SSSR count). The van der Waals surface area contributed by atoms with Crippen molar-refractivity contribution in [3.8, 4) is 0 Å². The van der Waals surface area contributed by atoms with Crippen molar-refractivity contribution in [3.05, 3.63) is 34.9 Å². The zero-order chi connectivity index (χ0) is 13.0. The molecule has 98 valence electrons. The third-order valence-electron chi connectivity index (χ3n) is 3.55. The number of hydrogen-bond acceptors (Lipinski definition) is 2. The van der Waals surface area contributed by atoms with Crippen LogP contribution in [-0.4, -0.2) is 23.7 Å². The number of aliphatic hydroxyl groups excluding tert-OH is 1. The molecule has 3 heteroatoms. The van der Waals surface area contributed by atoms with Crippen LogP contribution in [0, 0.1) is 0 Å². The molecule has 1 aromatic carbocycles. The van der Waals surface area contributed by atoms with E-state index in [1.54, 1.807) is 0 Å². The van der Waals surface area contributed by atoms with Gasteiger partial charge >= 0.3 is 0 Å². The van der Waals surface area contributed by atoms with Crippen LogP contribution in [0.15, 0.2) is 18.2 Å². The molecule has 1 atom stereocenters. The van der Waals surface area contributed by atoms with E-state index in [0.29, 0.717) is 6.42 Å². The van der Waals surface area contributed by atoms with Crippen molar-refractivity contribution in [2.24, 2.45) is 0 Å². The van der Waals surface area contributed by atoms with Gasteiger partial charge in [0.25, 0.3) is 5.91 Å². The SMILES string of the molecule is C[C@H](CCO)NC(=O)c1ccc2c(c1)CCCC2. The van der Waals surface area contributed by atoms with E-state index in [-0.39, 0.29) is 18.6 Å². The van der Waals surface area contributed by atoms with Crippen LogP contribution in [-0.2, 0) is 12.8 Å². The Balaban J connectivity index is 2.06. The third-order valence-corrected chi connectivity index (χ3v) is 3.55. The van der Waals surface area contributed by atoms with Crippen LogP contribution in [0.2, 0.25) is 0 Å². The predicted octanol–water partition coefficient (Wildman–Crippen LogP) is 2.07. The molecule has 1 aromatic rings. The minimum Gasteiger partial charge on any atom is -0.396 e. The van der Waals surface area contributed by atoms with Crippen LogP contribution < -0.4 is 5.32 Å². The van der Waals surface area contributed by atoms with E-state index in [1.807, 2.05) is 19.1 Å². The molecule has 0 radical (unpaired) electrons. The summed E-state index contributed by atoms with van der Waals surface area (Å²) in [6.07, 6.45) is 5.29. The van der Waals surface area contributed by atoms with Crippen molar-refractivity contribution in [3.63, 3.8) is 0 Å². The Morgan fingerprint density at radius 1 is 1.33 bits per heavy atom. The first-order valence-corrected chi connectivity index (χ1v) is 6.74. The van der Waals surface area contributed by atoms with Crippen LogP contribution in [0.4, 0.5) is 0 Å². The molecule has 1 amide bonds. The predicted molar refractivity (Wildman–Crippen MR) is 71.7 cm³/mol. The molecule has 3 nitrogen and oxygen atoms in total. The summed E-state index contributed by atoms with van der Waals surface area (Å²) in [7, 11) is 0. The van der Waals surface area contributed by atoms with Gasteiger partial charge in [-0.2, -0.15) is 0 Å². The van der Waals surface area contributed by atoms with Crippen LogP contribution >= 0.6 is 0 Å². The van der Waals surface area contributed by atoms with Gasteiger partial charge in [-0.1, -0.05) is 6.07 Å². The second-order valence-corrected chi connectivity index (χ2v) is 5.08. The van der Waals surface area contributed by atoms with Gasteiger partial charge in [0.1, 0.15) is 0 Å². The number of aliphatic hydroxyl groups is 1.